The van der Waals surface area contributed by atoms with Crippen molar-refractivity contribution >= 4 is 46.5 Å². The van der Waals surface area contributed by atoms with Gasteiger partial charge in [-0.2, -0.15) is 0 Å². The molecule has 0 aliphatic heterocycles. The van der Waals surface area contributed by atoms with Crippen LogP contribution in [-0.4, -0.2) is 29.5 Å². The predicted octanol–water partition coefficient (Wildman–Crippen LogP) is 6.40. The van der Waals surface area contributed by atoms with Crippen molar-refractivity contribution in [2.45, 2.75) is 58.3 Å². The zero-order chi connectivity index (χ0) is 29.0. The average Bonchev–Trinajstić information content (AvgIpc) is 2.92. The van der Waals surface area contributed by atoms with E-state index in [9.17, 15) is 14.4 Å². The molecule has 0 aliphatic rings. The molecular formula is C32H37N3O4S. The van der Waals surface area contributed by atoms with Crippen LogP contribution < -0.4 is 16.0 Å². The Labute approximate surface area is 241 Å². The zero-order valence-corrected chi connectivity index (χ0v) is 24.1. The minimum Gasteiger partial charge on any atom is -0.466 e. The summed E-state index contributed by atoms with van der Waals surface area (Å²) in [6.07, 6.45) is 2.31. The standard InChI is InChI=1S/C32H37N3O4S/c1-32(2,3)25-16-14-24(15-17-25)30(38)33-26-18-20-27(21-19-26)34-31(40)35-28(36)12-7-13-29(37)39-22-8-11-23-9-5-4-6-10-23/h4-6,9-10,14-21H,7-8,11-13,22H2,1-3H3,(H,33,38)(H2,34,35,36,40). The normalized spacial score (nSPS) is 10.9. The van der Waals surface area contributed by atoms with Gasteiger partial charge in [-0.1, -0.05) is 63.2 Å². The molecule has 0 spiro atoms. The van der Waals surface area contributed by atoms with Crippen molar-refractivity contribution in [1.82, 2.24) is 5.32 Å². The van der Waals surface area contributed by atoms with Crippen molar-refractivity contribution in [2.75, 3.05) is 17.2 Å². The minimum absolute atomic E-state index is 0.0225. The van der Waals surface area contributed by atoms with Crippen LogP contribution in [0, 0.1) is 0 Å². The molecule has 0 bridgehead atoms. The lowest BCUT2D eigenvalue weighted by atomic mass is 9.87. The summed E-state index contributed by atoms with van der Waals surface area (Å²) in [5.41, 5.74) is 4.27. The smallest absolute Gasteiger partial charge is 0.305 e. The molecule has 0 aliphatic carbocycles. The Bertz CT molecular complexity index is 1280. The van der Waals surface area contributed by atoms with Crippen molar-refractivity contribution in [2.24, 2.45) is 0 Å². The van der Waals surface area contributed by atoms with Crippen molar-refractivity contribution in [1.29, 1.82) is 0 Å². The summed E-state index contributed by atoms with van der Waals surface area (Å²) in [5, 5.41) is 8.60. The van der Waals surface area contributed by atoms with Crippen LogP contribution in [0.25, 0.3) is 0 Å². The highest BCUT2D eigenvalue weighted by molar-refractivity contribution is 7.80. The molecule has 0 fully saturated rings. The fourth-order valence-electron chi connectivity index (χ4n) is 3.89. The summed E-state index contributed by atoms with van der Waals surface area (Å²) >= 11 is 5.22. The molecule has 0 saturated heterocycles. The van der Waals surface area contributed by atoms with Crippen LogP contribution in [0.2, 0.25) is 0 Å². The number of esters is 1. The van der Waals surface area contributed by atoms with E-state index in [0.29, 0.717) is 30.0 Å². The van der Waals surface area contributed by atoms with Crippen LogP contribution in [-0.2, 0) is 26.2 Å². The molecule has 7 nitrogen and oxygen atoms in total. The lowest BCUT2D eigenvalue weighted by Gasteiger charge is -2.19. The van der Waals surface area contributed by atoms with E-state index < -0.39 is 0 Å². The van der Waals surface area contributed by atoms with Gasteiger partial charge in [0.05, 0.1) is 6.61 Å². The molecule has 0 radical (unpaired) electrons. The first-order valence-corrected chi connectivity index (χ1v) is 13.8. The SMILES string of the molecule is CC(C)(C)c1ccc(C(=O)Nc2ccc(NC(=S)NC(=O)CCCC(=O)OCCCc3ccccc3)cc2)cc1. The molecular weight excluding hydrogens is 522 g/mol. The van der Waals surface area contributed by atoms with Crippen molar-refractivity contribution < 1.29 is 19.1 Å². The molecule has 2 amide bonds. The second kappa shape index (κ2) is 14.9. The van der Waals surface area contributed by atoms with Crippen molar-refractivity contribution in [3.8, 4) is 0 Å². The number of benzene rings is 3. The summed E-state index contributed by atoms with van der Waals surface area (Å²) in [7, 11) is 0. The van der Waals surface area contributed by atoms with Crippen molar-refractivity contribution in [3.05, 3.63) is 95.6 Å². The Balaban J connectivity index is 1.32. The molecule has 8 heteroatoms. The van der Waals surface area contributed by atoms with Gasteiger partial charge < -0.3 is 20.7 Å². The van der Waals surface area contributed by atoms with Crippen molar-refractivity contribution in [3.63, 3.8) is 0 Å². The van der Waals surface area contributed by atoms with Crippen LogP contribution in [0.4, 0.5) is 11.4 Å². The number of carbonyl (C=O) groups excluding carboxylic acids is 3. The molecule has 0 atom stereocenters. The highest BCUT2D eigenvalue weighted by Gasteiger charge is 2.14. The Hall–Kier alpha value is -4.04. The van der Waals surface area contributed by atoms with E-state index in [0.717, 1.165) is 18.4 Å². The van der Waals surface area contributed by atoms with Gasteiger partial charge in [-0.05, 0) is 84.4 Å². The minimum atomic E-state index is -0.310. The summed E-state index contributed by atoms with van der Waals surface area (Å²) in [5.74, 6) is -0.786. The zero-order valence-electron chi connectivity index (χ0n) is 23.3. The van der Waals surface area contributed by atoms with E-state index >= 15 is 0 Å². The van der Waals surface area contributed by atoms with Crippen LogP contribution in [0.15, 0.2) is 78.9 Å². The number of hydrogen-bond acceptors (Lipinski definition) is 5. The van der Waals surface area contributed by atoms with Gasteiger partial charge in [-0.3, -0.25) is 14.4 Å². The first-order valence-electron chi connectivity index (χ1n) is 13.4. The third-order valence-electron chi connectivity index (χ3n) is 6.17. The number of aryl methyl sites for hydroxylation is 1. The topological polar surface area (TPSA) is 96.5 Å². The first-order chi connectivity index (χ1) is 19.1. The highest BCUT2D eigenvalue weighted by atomic mass is 32.1. The molecule has 40 heavy (non-hydrogen) atoms. The first kappa shape index (κ1) is 30.5. The number of nitrogens with one attached hydrogen (secondary N) is 3. The third kappa shape index (κ3) is 10.6. The lowest BCUT2D eigenvalue weighted by molar-refractivity contribution is -0.143. The van der Waals surface area contributed by atoms with E-state index in [4.69, 9.17) is 17.0 Å². The van der Waals surface area contributed by atoms with E-state index in [1.54, 1.807) is 24.3 Å². The van der Waals surface area contributed by atoms with Gasteiger partial charge in [-0.25, -0.2) is 0 Å². The van der Waals surface area contributed by atoms with E-state index in [1.165, 1.54) is 5.56 Å². The van der Waals surface area contributed by atoms with Gasteiger partial charge in [0.1, 0.15) is 0 Å². The summed E-state index contributed by atoms with van der Waals surface area (Å²) in [6, 6.07) is 24.6. The average molecular weight is 560 g/mol. The number of thiocarbonyl (C=S) groups is 1. The van der Waals surface area contributed by atoms with Crippen LogP contribution >= 0.6 is 12.2 Å². The number of amides is 2. The molecule has 0 unspecified atom stereocenters. The Morgan fingerprint density at radius 2 is 1.40 bits per heavy atom. The fourth-order valence-corrected chi connectivity index (χ4v) is 4.12. The van der Waals surface area contributed by atoms with Crippen LogP contribution in [0.1, 0.15) is 67.9 Å². The molecule has 0 aromatic heterocycles. The predicted molar refractivity (Wildman–Crippen MR) is 163 cm³/mol. The maximum Gasteiger partial charge on any atom is 0.305 e. The fraction of sp³-hybridized carbons (Fsp3) is 0.312. The Morgan fingerprint density at radius 1 is 0.775 bits per heavy atom. The quantitative estimate of drug-likeness (QED) is 0.143. The number of ether oxygens (including phenoxy) is 1. The van der Waals surface area contributed by atoms with Gasteiger partial charge in [-0.15, -0.1) is 0 Å². The maximum atomic E-state index is 12.6. The van der Waals surface area contributed by atoms with Crippen LogP contribution in [0.5, 0.6) is 0 Å². The summed E-state index contributed by atoms with van der Waals surface area (Å²) in [6.45, 7) is 6.75. The lowest BCUT2D eigenvalue weighted by Crippen LogP contribution is -2.34. The molecule has 0 heterocycles. The molecule has 210 valence electrons. The van der Waals surface area contributed by atoms with E-state index in [1.807, 2.05) is 54.6 Å². The Morgan fingerprint density at radius 3 is 2.02 bits per heavy atom. The number of carbonyl (C=O) groups is 3. The highest BCUT2D eigenvalue weighted by Crippen LogP contribution is 2.22. The third-order valence-corrected chi connectivity index (χ3v) is 6.37. The summed E-state index contributed by atoms with van der Waals surface area (Å²) in [4.78, 5) is 36.7. The molecule has 3 aromatic carbocycles. The Kier molecular flexibility index (Phi) is 11.4. The van der Waals surface area contributed by atoms with E-state index in [-0.39, 0.29) is 41.2 Å². The molecule has 3 aromatic rings. The number of rotatable bonds is 11. The summed E-state index contributed by atoms with van der Waals surface area (Å²) < 4.78 is 5.25. The second-order valence-corrected chi connectivity index (χ2v) is 10.9. The van der Waals surface area contributed by atoms with Gasteiger partial charge in [0.25, 0.3) is 5.91 Å². The molecule has 3 rings (SSSR count). The van der Waals surface area contributed by atoms with Gasteiger partial charge in [0.15, 0.2) is 5.11 Å². The van der Waals surface area contributed by atoms with E-state index in [2.05, 4.69) is 36.7 Å². The molecule has 0 saturated carbocycles. The second-order valence-electron chi connectivity index (χ2n) is 10.5. The number of anilines is 2. The van der Waals surface area contributed by atoms with Gasteiger partial charge in [0.2, 0.25) is 5.91 Å². The number of hydrogen-bond donors (Lipinski definition) is 3. The van der Waals surface area contributed by atoms with Crippen LogP contribution in [0.3, 0.4) is 0 Å². The van der Waals surface area contributed by atoms with Gasteiger partial charge >= 0.3 is 5.97 Å². The maximum absolute atomic E-state index is 12.6. The largest absolute Gasteiger partial charge is 0.466 e. The van der Waals surface area contributed by atoms with Gasteiger partial charge in [0, 0.05) is 29.8 Å². The monoisotopic (exact) mass is 559 g/mol. The molecule has 3 N–H and O–H groups in total.